The smallest absolute Gasteiger partial charge is 0.309 e. The summed E-state index contributed by atoms with van der Waals surface area (Å²) in [5, 5.41) is 2.33. The van der Waals surface area contributed by atoms with Gasteiger partial charge in [-0.3, -0.25) is 9.59 Å². The zero-order chi connectivity index (χ0) is 12.8. The molecule has 16 heavy (non-hydrogen) atoms. The van der Waals surface area contributed by atoms with Crippen LogP contribution in [0, 0.1) is 5.92 Å². The number of nitrogens with one attached hydrogen (secondary N) is 1. The SMILES string of the molecule is CNC(=O)CCS(=O)(=O)CC(C)C(=O)OC. The van der Waals surface area contributed by atoms with Gasteiger partial charge in [-0.1, -0.05) is 6.92 Å². The van der Waals surface area contributed by atoms with Crippen molar-refractivity contribution in [1.29, 1.82) is 0 Å². The quantitative estimate of drug-likeness (QED) is 0.633. The van der Waals surface area contributed by atoms with E-state index in [0.29, 0.717) is 0 Å². The number of sulfone groups is 1. The van der Waals surface area contributed by atoms with Gasteiger partial charge in [0.15, 0.2) is 9.84 Å². The molecule has 0 fully saturated rings. The topological polar surface area (TPSA) is 89.5 Å². The number of hydrogen-bond acceptors (Lipinski definition) is 5. The van der Waals surface area contributed by atoms with Gasteiger partial charge in [0, 0.05) is 13.5 Å². The summed E-state index contributed by atoms with van der Waals surface area (Å²) in [6.07, 6.45) is -0.0905. The van der Waals surface area contributed by atoms with E-state index in [0.717, 1.165) is 0 Å². The van der Waals surface area contributed by atoms with Crippen molar-refractivity contribution in [2.75, 3.05) is 25.7 Å². The number of carbonyl (C=O) groups excluding carboxylic acids is 2. The summed E-state index contributed by atoms with van der Waals surface area (Å²) in [4.78, 5) is 21.9. The third-order valence-corrected chi connectivity index (χ3v) is 3.86. The van der Waals surface area contributed by atoms with Crippen LogP contribution in [0.2, 0.25) is 0 Å². The normalized spacial score (nSPS) is 12.9. The summed E-state index contributed by atoms with van der Waals surface area (Å²) in [7, 11) is -0.762. The van der Waals surface area contributed by atoms with Gasteiger partial charge in [-0.05, 0) is 0 Å². The van der Waals surface area contributed by atoms with E-state index in [1.165, 1.54) is 21.1 Å². The van der Waals surface area contributed by atoms with Crippen LogP contribution < -0.4 is 5.32 Å². The van der Waals surface area contributed by atoms with Crippen molar-refractivity contribution < 1.29 is 22.7 Å². The third-order valence-electron chi connectivity index (χ3n) is 2.03. The molecule has 0 rings (SSSR count). The Morgan fingerprint density at radius 2 is 1.94 bits per heavy atom. The van der Waals surface area contributed by atoms with E-state index >= 15 is 0 Å². The molecular formula is C9H17NO5S. The summed E-state index contributed by atoms with van der Waals surface area (Å²) in [5.41, 5.74) is 0. The number of ether oxygens (including phenoxy) is 1. The van der Waals surface area contributed by atoms with E-state index in [1.807, 2.05) is 0 Å². The molecule has 1 unspecified atom stereocenters. The maximum absolute atomic E-state index is 11.5. The van der Waals surface area contributed by atoms with Crippen LogP contribution in [0.1, 0.15) is 13.3 Å². The van der Waals surface area contributed by atoms with E-state index < -0.39 is 21.7 Å². The Bertz CT molecular complexity index is 349. The molecule has 1 atom stereocenters. The second kappa shape index (κ2) is 6.47. The van der Waals surface area contributed by atoms with Crippen molar-refractivity contribution in [3.8, 4) is 0 Å². The van der Waals surface area contributed by atoms with Crippen molar-refractivity contribution in [2.45, 2.75) is 13.3 Å². The minimum Gasteiger partial charge on any atom is -0.469 e. The van der Waals surface area contributed by atoms with E-state index in [-0.39, 0.29) is 23.8 Å². The predicted molar refractivity (Wildman–Crippen MR) is 58.5 cm³/mol. The molecule has 0 aromatic rings. The van der Waals surface area contributed by atoms with E-state index in [4.69, 9.17) is 0 Å². The Kier molecular flexibility index (Phi) is 6.02. The molecule has 94 valence electrons. The molecule has 1 amide bonds. The molecule has 0 aromatic heterocycles. The lowest BCUT2D eigenvalue weighted by atomic mass is 10.2. The largest absolute Gasteiger partial charge is 0.469 e. The Hall–Kier alpha value is -1.11. The molecule has 7 heteroatoms. The lowest BCUT2D eigenvalue weighted by molar-refractivity contribution is -0.144. The number of hydrogen-bond donors (Lipinski definition) is 1. The number of amides is 1. The van der Waals surface area contributed by atoms with Crippen molar-refractivity contribution >= 4 is 21.7 Å². The number of esters is 1. The fraction of sp³-hybridized carbons (Fsp3) is 0.778. The monoisotopic (exact) mass is 251 g/mol. The van der Waals surface area contributed by atoms with Crippen LogP contribution in [0.3, 0.4) is 0 Å². The minimum atomic E-state index is -3.40. The first-order valence-electron chi connectivity index (χ1n) is 4.81. The second-order valence-electron chi connectivity index (χ2n) is 3.46. The fourth-order valence-electron chi connectivity index (χ4n) is 1.11. The zero-order valence-electron chi connectivity index (χ0n) is 9.65. The second-order valence-corrected chi connectivity index (χ2v) is 5.69. The van der Waals surface area contributed by atoms with E-state index in [1.54, 1.807) is 0 Å². The zero-order valence-corrected chi connectivity index (χ0v) is 10.5. The molecule has 0 aliphatic rings. The molecule has 0 spiro atoms. The summed E-state index contributed by atoms with van der Waals surface area (Å²) in [6.45, 7) is 1.48. The van der Waals surface area contributed by atoms with E-state index in [9.17, 15) is 18.0 Å². The first kappa shape index (κ1) is 14.9. The average molecular weight is 251 g/mol. The molecule has 0 aliphatic heterocycles. The molecule has 1 N–H and O–H groups in total. The van der Waals surface area contributed by atoms with Gasteiger partial charge in [-0.2, -0.15) is 0 Å². The molecule has 0 radical (unpaired) electrons. The van der Waals surface area contributed by atoms with Crippen molar-refractivity contribution in [2.24, 2.45) is 5.92 Å². The predicted octanol–water partition coefficient (Wildman–Crippen LogP) is -0.654. The average Bonchev–Trinajstić information content (AvgIpc) is 2.24. The molecule has 0 saturated carbocycles. The van der Waals surface area contributed by atoms with Gasteiger partial charge in [-0.25, -0.2) is 8.42 Å². The minimum absolute atomic E-state index is 0.0905. The Morgan fingerprint density at radius 3 is 2.38 bits per heavy atom. The molecule has 0 heterocycles. The first-order chi connectivity index (χ1) is 7.32. The first-order valence-corrected chi connectivity index (χ1v) is 6.63. The summed E-state index contributed by atoms with van der Waals surface area (Å²) < 4.78 is 27.4. The van der Waals surface area contributed by atoms with Crippen molar-refractivity contribution in [1.82, 2.24) is 5.32 Å². The lowest BCUT2D eigenvalue weighted by Crippen LogP contribution is -2.27. The van der Waals surface area contributed by atoms with Crippen molar-refractivity contribution in [3.05, 3.63) is 0 Å². The van der Waals surface area contributed by atoms with Crippen LogP contribution in [-0.2, 0) is 24.2 Å². The van der Waals surface area contributed by atoms with Crippen LogP contribution in [0.5, 0.6) is 0 Å². The van der Waals surface area contributed by atoms with Crippen LogP contribution >= 0.6 is 0 Å². The molecule has 0 saturated heterocycles. The van der Waals surface area contributed by atoms with Gasteiger partial charge >= 0.3 is 5.97 Å². The third kappa shape index (κ3) is 5.69. The van der Waals surface area contributed by atoms with Crippen LogP contribution in [0.15, 0.2) is 0 Å². The Labute approximate surface area is 95.3 Å². The van der Waals surface area contributed by atoms with E-state index in [2.05, 4.69) is 10.1 Å². The van der Waals surface area contributed by atoms with Gasteiger partial charge in [0.25, 0.3) is 0 Å². The molecule has 0 aromatic carbocycles. The highest BCUT2D eigenvalue weighted by atomic mass is 32.2. The van der Waals surface area contributed by atoms with Crippen molar-refractivity contribution in [3.63, 3.8) is 0 Å². The molecule has 6 nitrogen and oxygen atoms in total. The number of rotatable bonds is 6. The highest BCUT2D eigenvalue weighted by Crippen LogP contribution is 2.05. The summed E-state index contributed by atoms with van der Waals surface area (Å²) in [5.74, 6) is -2.16. The summed E-state index contributed by atoms with van der Waals surface area (Å²) in [6, 6.07) is 0. The van der Waals surface area contributed by atoms with Gasteiger partial charge < -0.3 is 10.1 Å². The van der Waals surface area contributed by atoms with Crippen LogP contribution in [0.25, 0.3) is 0 Å². The standard InChI is InChI=1S/C9H17NO5S/c1-7(9(12)15-3)6-16(13,14)5-4-8(11)10-2/h7H,4-6H2,1-3H3,(H,10,11). The van der Waals surface area contributed by atoms with Crippen LogP contribution in [-0.4, -0.2) is 46.0 Å². The maximum Gasteiger partial charge on any atom is 0.309 e. The molecular weight excluding hydrogens is 234 g/mol. The summed E-state index contributed by atoms with van der Waals surface area (Å²) >= 11 is 0. The fourth-order valence-corrected chi connectivity index (χ4v) is 2.67. The number of methoxy groups -OCH3 is 1. The maximum atomic E-state index is 11.5. The van der Waals surface area contributed by atoms with Gasteiger partial charge in [-0.15, -0.1) is 0 Å². The molecule has 0 aliphatic carbocycles. The Morgan fingerprint density at radius 1 is 1.38 bits per heavy atom. The highest BCUT2D eigenvalue weighted by Gasteiger charge is 2.22. The van der Waals surface area contributed by atoms with Crippen LogP contribution in [0.4, 0.5) is 0 Å². The van der Waals surface area contributed by atoms with Gasteiger partial charge in [0.2, 0.25) is 5.91 Å². The Balaban J connectivity index is 4.25. The van der Waals surface area contributed by atoms with Gasteiger partial charge in [0.1, 0.15) is 0 Å². The lowest BCUT2D eigenvalue weighted by Gasteiger charge is -2.09. The highest BCUT2D eigenvalue weighted by molar-refractivity contribution is 7.91. The number of carbonyl (C=O) groups is 2. The van der Waals surface area contributed by atoms with Gasteiger partial charge in [0.05, 0.1) is 24.5 Å². The molecule has 0 bridgehead atoms.